The molecule has 17 heavy (non-hydrogen) atoms. The van der Waals surface area contributed by atoms with E-state index in [0.717, 1.165) is 11.3 Å². The summed E-state index contributed by atoms with van der Waals surface area (Å²) in [6, 6.07) is 7.45. The summed E-state index contributed by atoms with van der Waals surface area (Å²) >= 11 is 0. The van der Waals surface area contributed by atoms with Crippen molar-refractivity contribution in [2.24, 2.45) is 0 Å². The molecule has 0 aliphatic rings. The van der Waals surface area contributed by atoms with Crippen molar-refractivity contribution in [3.63, 3.8) is 0 Å². The van der Waals surface area contributed by atoms with Crippen molar-refractivity contribution in [1.29, 1.82) is 0 Å². The third kappa shape index (κ3) is 5.07. The minimum absolute atomic E-state index is 0.112. The largest absolute Gasteiger partial charge is 0.491 e. The first-order valence-corrected chi connectivity index (χ1v) is 5.44. The average molecular weight is 232 g/mol. The zero-order chi connectivity index (χ0) is 12.7. The van der Waals surface area contributed by atoms with Gasteiger partial charge in [-0.1, -0.05) is 11.8 Å². The molecule has 3 heteroatoms. The van der Waals surface area contributed by atoms with Crippen LogP contribution in [0.2, 0.25) is 0 Å². The summed E-state index contributed by atoms with van der Waals surface area (Å²) in [6.45, 7) is 3.95. The highest BCUT2D eigenvalue weighted by Crippen LogP contribution is 2.13. The summed E-state index contributed by atoms with van der Waals surface area (Å²) in [5.74, 6) is 6.13. The summed E-state index contributed by atoms with van der Waals surface area (Å²) in [5.41, 5.74) is 0.852. The lowest BCUT2D eigenvalue weighted by Crippen LogP contribution is -2.05. The van der Waals surface area contributed by atoms with Crippen molar-refractivity contribution in [2.75, 3.05) is 7.11 Å². The van der Waals surface area contributed by atoms with E-state index in [9.17, 15) is 4.79 Å². The van der Waals surface area contributed by atoms with Gasteiger partial charge in [0.25, 0.3) is 0 Å². The van der Waals surface area contributed by atoms with Gasteiger partial charge < -0.3 is 9.47 Å². The van der Waals surface area contributed by atoms with Gasteiger partial charge in [-0.25, -0.2) is 0 Å². The van der Waals surface area contributed by atoms with Crippen molar-refractivity contribution >= 4 is 5.97 Å². The Morgan fingerprint density at radius 1 is 1.29 bits per heavy atom. The van der Waals surface area contributed by atoms with E-state index in [1.165, 1.54) is 7.11 Å². The molecule has 3 nitrogen and oxygen atoms in total. The van der Waals surface area contributed by atoms with Gasteiger partial charge in [0.05, 0.1) is 13.2 Å². The number of carbonyl (C=O) groups is 1. The van der Waals surface area contributed by atoms with E-state index in [1.807, 2.05) is 38.1 Å². The van der Waals surface area contributed by atoms with E-state index in [1.54, 1.807) is 0 Å². The topological polar surface area (TPSA) is 35.5 Å². The van der Waals surface area contributed by atoms with Gasteiger partial charge in [-0.05, 0) is 38.1 Å². The molecule has 0 heterocycles. The zero-order valence-corrected chi connectivity index (χ0v) is 10.3. The molecule has 0 unspecified atom stereocenters. The van der Waals surface area contributed by atoms with Gasteiger partial charge in [0, 0.05) is 5.56 Å². The minimum Gasteiger partial charge on any atom is -0.491 e. The third-order valence-electron chi connectivity index (χ3n) is 1.92. The molecule has 0 saturated heterocycles. The molecule has 0 amide bonds. The lowest BCUT2D eigenvalue weighted by atomic mass is 10.2. The Kier molecular flexibility index (Phi) is 5.09. The summed E-state index contributed by atoms with van der Waals surface area (Å²) < 4.78 is 10.00. The smallest absolute Gasteiger partial charge is 0.317 e. The number of methoxy groups -OCH3 is 1. The zero-order valence-electron chi connectivity index (χ0n) is 10.3. The van der Waals surface area contributed by atoms with E-state index in [-0.39, 0.29) is 18.5 Å². The van der Waals surface area contributed by atoms with Crippen LogP contribution in [0.1, 0.15) is 25.8 Å². The molecule has 0 saturated carbocycles. The molecule has 0 spiro atoms. The quantitative estimate of drug-likeness (QED) is 0.593. The Hall–Kier alpha value is -1.95. The molecule has 0 N–H and O–H groups in total. The Labute approximate surface area is 102 Å². The predicted molar refractivity (Wildman–Crippen MR) is 65.7 cm³/mol. The van der Waals surface area contributed by atoms with Crippen LogP contribution in [0.3, 0.4) is 0 Å². The second-order valence-corrected chi connectivity index (χ2v) is 3.75. The second-order valence-electron chi connectivity index (χ2n) is 3.75. The van der Waals surface area contributed by atoms with E-state index in [4.69, 9.17) is 4.74 Å². The molecule has 1 aromatic carbocycles. The fourth-order valence-corrected chi connectivity index (χ4v) is 1.18. The highest BCUT2D eigenvalue weighted by Gasteiger charge is 1.97. The highest BCUT2D eigenvalue weighted by molar-refractivity contribution is 5.72. The third-order valence-corrected chi connectivity index (χ3v) is 1.92. The van der Waals surface area contributed by atoms with E-state index in [0.29, 0.717) is 0 Å². The summed E-state index contributed by atoms with van der Waals surface area (Å²) in [7, 11) is 1.35. The van der Waals surface area contributed by atoms with Gasteiger partial charge in [0.15, 0.2) is 0 Å². The minimum atomic E-state index is -0.322. The van der Waals surface area contributed by atoms with Crippen LogP contribution in [0.5, 0.6) is 5.75 Å². The van der Waals surface area contributed by atoms with Crippen molar-refractivity contribution in [3.05, 3.63) is 29.8 Å². The number of esters is 1. The number of rotatable bonds is 3. The maximum absolute atomic E-state index is 10.8. The van der Waals surface area contributed by atoms with E-state index < -0.39 is 0 Å². The molecule has 0 aromatic heterocycles. The first-order chi connectivity index (χ1) is 8.11. The van der Waals surface area contributed by atoms with Gasteiger partial charge in [0.1, 0.15) is 12.2 Å². The molecule has 0 atom stereocenters. The van der Waals surface area contributed by atoms with Crippen LogP contribution in [-0.2, 0) is 9.53 Å². The summed E-state index contributed by atoms with van der Waals surface area (Å²) in [4.78, 5) is 10.8. The molecule has 0 aliphatic carbocycles. The van der Waals surface area contributed by atoms with E-state index >= 15 is 0 Å². The van der Waals surface area contributed by atoms with Crippen molar-refractivity contribution < 1.29 is 14.3 Å². The fraction of sp³-hybridized carbons (Fsp3) is 0.357. The number of hydrogen-bond donors (Lipinski definition) is 0. The molecule has 0 bridgehead atoms. The van der Waals surface area contributed by atoms with Crippen molar-refractivity contribution in [3.8, 4) is 17.6 Å². The van der Waals surface area contributed by atoms with Gasteiger partial charge in [0.2, 0.25) is 0 Å². The molecular weight excluding hydrogens is 216 g/mol. The number of hydrogen-bond acceptors (Lipinski definition) is 3. The van der Waals surface area contributed by atoms with Crippen LogP contribution < -0.4 is 4.74 Å². The van der Waals surface area contributed by atoms with Gasteiger partial charge in [-0.3, -0.25) is 4.79 Å². The van der Waals surface area contributed by atoms with Gasteiger partial charge in [-0.15, -0.1) is 0 Å². The first-order valence-electron chi connectivity index (χ1n) is 5.44. The molecular formula is C14H16O3. The predicted octanol–water partition coefficient (Wildman–Crippen LogP) is 2.39. The monoisotopic (exact) mass is 232 g/mol. The Balaban J connectivity index is 2.59. The van der Waals surface area contributed by atoms with Gasteiger partial charge in [-0.2, -0.15) is 0 Å². The van der Waals surface area contributed by atoms with Gasteiger partial charge >= 0.3 is 5.97 Å². The Morgan fingerprint density at radius 3 is 2.47 bits per heavy atom. The van der Waals surface area contributed by atoms with E-state index in [2.05, 4.69) is 16.6 Å². The fourth-order valence-electron chi connectivity index (χ4n) is 1.18. The Bertz CT molecular complexity index is 421. The van der Waals surface area contributed by atoms with Crippen LogP contribution >= 0.6 is 0 Å². The lowest BCUT2D eigenvalue weighted by molar-refractivity contribution is -0.139. The maximum atomic E-state index is 10.8. The molecule has 0 aliphatic heterocycles. The van der Waals surface area contributed by atoms with Crippen LogP contribution in [-0.4, -0.2) is 19.2 Å². The number of carbonyl (C=O) groups excluding carboxylic acids is 1. The summed E-state index contributed by atoms with van der Waals surface area (Å²) in [5, 5.41) is 0. The van der Waals surface area contributed by atoms with Crippen LogP contribution in [0.25, 0.3) is 0 Å². The number of benzene rings is 1. The van der Waals surface area contributed by atoms with Crippen molar-refractivity contribution in [2.45, 2.75) is 26.4 Å². The molecule has 1 aromatic rings. The normalized spacial score (nSPS) is 9.41. The van der Waals surface area contributed by atoms with Crippen molar-refractivity contribution in [1.82, 2.24) is 0 Å². The molecule has 90 valence electrons. The standard InChI is InChI=1S/C14H16O3/c1-11(2)17-13-9-7-12(8-10-13)5-4-6-14(15)16-3/h7-11H,6H2,1-3H3. The highest BCUT2D eigenvalue weighted by atomic mass is 16.5. The molecule has 0 radical (unpaired) electrons. The SMILES string of the molecule is COC(=O)CC#Cc1ccc(OC(C)C)cc1. The average Bonchev–Trinajstić information content (AvgIpc) is 2.30. The second kappa shape index (κ2) is 6.59. The van der Waals surface area contributed by atoms with Crippen LogP contribution in [0.4, 0.5) is 0 Å². The number of ether oxygens (including phenoxy) is 2. The molecule has 0 fully saturated rings. The Morgan fingerprint density at radius 2 is 1.94 bits per heavy atom. The van der Waals surface area contributed by atoms with Crippen LogP contribution in [0.15, 0.2) is 24.3 Å². The summed E-state index contributed by atoms with van der Waals surface area (Å²) in [6.07, 6.45) is 0.270. The van der Waals surface area contributed by atoms with Crippen LogP contribution in [0, 0.1) is 11.8 Å². The first kappa shape index (κ1) is 13.1. The maximum Gasteiger partial charge on any atom is 0.317 e. The molecule has 1 rings (SSSR count). The lowest BCUT2D eigenvalue weighted by Gasteiger charge is -2.08.